The first-order valence-electron chi connectivity index (χ1n) is 8.62. The monoisotopic (exact) mass is 313 g/mol. The normalized spacial score (nSPS) is 28.7. The van der Waals surface area contributed by atoms with E-state index in [0.29, 0.717) is 18.8 Å². The van der Waals surface area contributed by atoms with Gasteiger partial charge in [-0.15, -0.1) is 0 Å². The lowest BCUT2D eigenvalue weighted by molar-refractivity contribution is -0.956. The van der Waals surface area contributed by atoms with Gasteiger partial charge in [0.15, 0.2) is 0 Å². The molecule has 0 aliphatic carbocycles. The second-order valence-electron chi connectivity index (χ2n) is 9.04. The standard InChI is InChI=1S/C18H35NO3/c1-12(2)9-15(13(3)4)16(20)22-14-10-17(5,6)19(21)18(7,8)11-14/h12-15,19H,9-11H2,1-8H3. The highest BCUT2D eigenvalue weighted by molar-refractivity contribution is 5.73. The molecule has 1 N–H and O–H groups in total. The van der Waals surface area contributed by atoms with Gasteiger partial charge in [-0.25, -0.2) is 0 Å². The molecular weight excluding hydrogens is 278 g/mol. The Morgan fingerprint density at radius 3 is 1.95 bits per heavy atom. The van der Waals surface area contributed by atoms with Crippen LogP contribution in [-0.2, 0) is 9.53 Å². The minimum absolute atomic E-state index is 0.0520. The maximum Gasteiger partial charge on any atom is 0.309 e. The number of esters is 1. The van der Waals surface area contributed by atoms with Crippen molar-refractivity contribution in [1.82, 2.24) is 0 Å². The van der Waals surface area contributed by atoms with Gasteiger partial charge >= 0.3 is 5.97 Å². The highest BCUT2D eigenvalue weighted by Crippen LogP contribution is 2.29. The lowest BCUT2D eigenvalue weighted by Gasteiger charge is -2.54. The van der Waals surface area contributed by atoms with Crippen LogP contribution in [-0.4, -0.2) is 23.2 Å². The predicted octanol–water partition coefficient (Wildman–Crippen LogP) is 2.95. The van der Waals surface area contributed by atoms with Gasteiger partial charge in [0.25, 0.3) is 0 Å². The Bertz CT molecular complexity index is 370. The topological polar surface area (TPSA) is 53.8 Å². The van der Waals surface area contributed by atoms with E-state index in [2.05, 4.69) is 27.7 Å². The number of rotatable bonds is 5. The lowest BCUT2D eigenvalue weighted by atomic mass is 9.80. The van der Waals surface area contributed by atoms with Crippen molar-refractivity contribution < 1.29 is 14.6 Å². The van der Waals surface area contributed by atoms with Crippen LogP contribution in [0.3, 0.4) is 0 Å². The zero-order chi connectivity index (χ0) is 17.3. The summed E-state index contributed by atoms with van der Waals surface area (Å²) in [6.07, 6.45) is 1.97. The fraction of sp³-hybridized carbons (Fsp3) is 0.944. The zero-order valence-corrected chi connectivity index (χ0v) is 15.7. The largest absolute Gasteiger partial charge is 0.634 e. The third-order valence-corrected chi connectivity index (χ3v) is 4.82. The molecule has 22 heavy (non-hydrogen) atoms. The van der Waals surface area contributed by atoms with Gasteiger partial charge in [0.2, 0.25) is 0 Å². The van der Waals surface area contributed by atoms with Crippen molar-refractivity contribution in [3.8, 4) is 0 Å². The quantitative estimate of drug-likeness (QED) is 0.627. The molecule has 1 rings (SSSR count). The molecule has 4 nitrogen and oxygen atoms in total. The van der Waals surface area contributed by atoms with E-state index < -0.39 is 11.1 Å². The number of piperidine rings is 1. The van der Waals surface area contributed by atoms with Gasteiger partial charge in [-0.3, -0.25) is 4.79 Å². The third-order valence-electron chi connectivity index (χ3n) is 4.82. The Kier molecular flexibility index (Phi) is 6.07. The number of quaternary nitrogens is 1. The Labute approximate surface area is 136 Å². The van der Waals surface area contributed by atoms with Gasteiger partial charge in [-0.05, 0) is 46.0 Å². The summed E-state index contributed by atoms with van der Waals surface area (Å²) >= 11 is 0. The SMILES string of the molecule is CC(C)CC(C(=O)OC1CC(C)(C)[NH+]([O-])C(C)(C)C1)C(C)C. The van der Waals surface area contributed by atoms with Crippen LogP contribution in [0.25, 0.3) is 0 Å². The summed E-state index contributed by atoms with van der Waals surface area (Å²) < 4.78 is 5.84. The predicted molar refractivity (Wildman–Crippen MR) is 89.4 cm³/mol. The fourth-order valence-corrected chi connectivity index (χ4v) is 3.80. The molecule has 1 fully saturated rings. The van der Waals surface area contributed by atoms with E-state index >= 15 is 0 Å². The molecule has 0 spiro atoms. The van der Waals surface area contributed by atoms with E-state index in [1.807, 2.05) is 27.7 Å². The van der Waals surface area contributed by atoms with E-state index in [1.54, 1.807) is 0 Å². The maximum absolute atomic E-state index is 12.6. The van der Waals surface area contributed by atoms with Crippen molar-refractivity contribution in [1.29, 1.82) is 0 Å². The third kappa shape index (κ3) is 4.69. The van der Waals surface area contributed by atoms with Gasteiger partial charge < -0.3 is 15.0 Å². The van der Waals surface area contributed by atoms with Gasteiger partial charge in [-0.2, -0.15) is 0 Å². The van der Waals surface area contributed by atoms with Crippen LogP contribution in [0.2, 0.25) is 0 Å². The molecule has 0 aromatic rings. The smallest absolute Gasteiger partial charge is 0.309 e. The van der Waals surface area contributed by atoms with E-state index in [9.17, 15) is 10.0 Å². The summed E-state index contributed by atoms with van der Waals surface area (Å²) in [6.45, 7) is 16.3. The summed E-state index contributed by atoms with van der Waals surface area (Å²) in [5, 5.41) is 12.7. The molecule has 1 saturated heterocycles. The highest BCUT2D eigenvalue weighted by atomic mass is 16.5. The van der Waals surface area contributed by atoms with Gasteiger partial charge in [0, 0.05) is 12.8 Å². The Balaban J connectivity index is 2.79. The Hall–Kier alpha value is -0.610. The first-order valence-corrected chi connectivity index (χ1v) is 8.62. The maximum atomic E-state index is 12.6. The van der Waals surface area contributed by atoms with E-state index in [-0.39, 0.29) is 29.0 Å². The minimum atomic E-state index is -0.419. The van der Waals surface area contributed by atoms with Gasteiger partial charge in [0.1, 0.15) is 6.10 Å². The molecule has 1 aliphatic heterocycles. The number of carbonyl (C=O) groups is 1. The van der Waals surface area contributed by atoms with Crippen LogP contribution in [0.1, 0.15) is 74.7 Å². The van der Waals surface area contributed by atoms with Crippen LogP contribution in [0, 0.1) is 23.0 Å². The van der Waals surface area contributed by atoms with Crippen molar-refractivity contribution in [2.75, 3.05) is 0 Å². The van der Waals surface area contributed by atoms with Crippen molar-refractivity contribution >= 4 is 5.97 Å². The highest BCUT2D eigenvalue weighted by Gasteiger charge is 2.47. The molecule has 130 valence electrons. The number of hydrogen-bond acceptors (Lipinski definition) is 3. The molecule has 1 aliphatic rings. The van der Waals surface area contributed by atoms with E-state index in [1.165, 1.54) is 0 Å². The molecule has 4 heteroatoms. The fourth-order valence-electron chi connectivity index (χ4n) is 3.80. The van der Waals surface area contributed by atoms with E-state index in [0.717, 1.165) is 6.42 Å². The average Bonchev–Trinajstić information content (AvgIpc) is 2.31. The van der Waals surface area contributed by atoms with Crippen molar-refractivity contribution in [2.45, 2.75) is 91.8 Å². The average molecular weight is 313 g/mol. The van der Waals surface area contributed by atoms with Crippen molar-refractivity contribution in [3.63, 3.8) is 0 Å². The summed E-state index contributed by atoms with van der Waals surface area (Å²) in [7, 11) is 0. The number of carbonyl (C=O) groups excluding carboxylic acids is 1. The summed E-state index contributed by atoms with van der Waals surface area (Å²) in [6, 6.07) is 0. The number of nitrogens with one attached hydrogen (secondary N) is 1. The zero-order valence-electron chi connectivity index (χ0n) is 15.7. The van der Waals surface area contributed by atoms with Crippen molar-refractivity contribution in [3.05, 3.63) is 5.21 Å². The van der Waals surface area contributed by atoms with Crippen LogP contribution in [0.5, 0.6) is 0 Å². The van der Waals surface area contributed by atoms with Crippen LogP contribution in [0.4, 0.5) is 0 Å². The molecule has 1 atom stereocenters. The van der Waals surface area contributed by atoms with Gasteiger partial charge in [0.05, 0.1) is 17.0 Å². The summed E-state index contributed by atoms with van der Waals surface area (Å²) in [5.74, 6) is 0.611. The molecule has 0 saturated carbocycles. The molecule has 1 heterocycles. The number of hydroxylamine groups is 2. The van der Waals surface area contributed by atoms with Crippen LogP contribution < -0.4 is 5.06 Å². The summed E-state index contributed by atoms with van der Waals surface area (Å²) in [4.78, 5) is 12.6. The minimum Gasteiger partial charge on any atom is -0.634 e. The van der Waals surface area contributed by atoms with E-state index in [4.69, 9.17) is 4.74 Å². The molecule has 0 aromatic carbocycles. The molecular formula is C18H35NO3. The second kappa shape index (κ2) is 6.88. The molecule has 0 bridgehead atoms. The number of ether oxygens (including phenoxy) is 1. The molecule has 0 amide bonds. The number of hydrogen-bond donors (Lipinski definition) is 1. The van der Waals surface area contributed by atoms with Crippen molar-refractivity contribution in [2.24, 2.45) is 17.8 Å². The second-order valence-corrected chi connectivity index (χ2v) is 9.04. The van der Waals surface area contributed by atoms with Gasteiger partial charge in [-0.1, -0.05) is 27.7 Å². The first kappa shape index (κ1) is 19.4. The molecule has 1 unspecified atom stereocenters. The molecule has 0 radical (unpaired) electrons. The van der Waals surface area contributed by atoms with Crippen LogP contribution in [0.15, 0.2) is 0 Å². The first-order chi connectivity index (χ1) is 9.86. The lowest BCUT2D eigenvalue weighted by Crippen LogP contribution is -3.23. The van der Waals surface area contributed by atoms with Crippen LogP contribution >= 0.6 is 0 Å². The summed E-state index contributed by atoms with van der Waals surface area (Å²) in [5.41, 5.74) is -0.837. The molecule has 0 aromatic heterocycles. The Morgan fingerprint density at radius 2 is 1.59 bits per heavy atom. The Morgan fingerprint density at radius 1 is 1.14 bits per heavy atom.